The summed E-state index contributed by atoms with van der Waals surface area (Å²) in [6.07, 6.45) is 9.73. The highest BCUT2D eigenvalue weighted by atomic mass is 35.5. The number of hydrogen-bond donors (Lipinski definition) is 1. The van der Waals surface area contributed by atoms with E-state index in [1.807, 2.05) is 17.8 Å². The maximum absolute atomic E-state index is 6.10. The van der Waals surface area contributed by atoms with Crippen molar-refractivity contribution in [3.05, 3.63) is 17.0 Å². The van der Waals surface area contributed by atoms with Crippen LogP contribution in [0.3, 0.4) is 0 Å². The molecule has 0 aromatic carbocycles. The molecule has 19 heavy (non-hydrogen) atoms. The van der Waals surface area contributed by atoms with Gasteiger partial charge in [0.15, 0.2) is 0 Å². The molecule has 0 saturated heterocycles. The van der Waals surface area contributed by atoms with Gasteiger partial charge < -0.3 is 5.32 Å². The van der Waals surface area contributed by atoms with Gasteiger partial charge in [0, 0.05) is 23.3 Å². The summed E-state index contributed by atoms with van der Waals surface area (Å²) in [6, 6.07) is 2.39. The van der Waals surface area contributed by atoms with Gasteiger partial charge in [-0.05, 0) is 38.4 Å². The first-order valence-electron chi connectivity index (χ1n) is 7.08. The van der Waals surface area contributed by atoms with Crippen LogP contribution in [0.4, 0.5) is 5.82 Å². The molecule has 1 aromatic heterocycles. The summed E-state index contributed by atoms with van der Waals surface area (Å²) in [7, 11) is 0. The maximum Gasteiger partial charge on any atom is 0.135 e. The Kier molecular flexibility index (Phi) is 4.18. The Balaban J connectivity index is 1.68. The fourth-order valence-corrected chi connectivity index (χ4v) is 3.75. The van der Waals surface area contributed by atoms with Gasteiger partial charge in [0.1, 0.15) is 16.8 Å². The fourth-order valence-electron chi connectivity index (χ4n) is 2.73. The molecule has 2 aliphatic carbocycles. The van der Waals surface area contributed by atoms with Crippen LogP contribution in [0, 0.1) is 0 Å². The van der Waals surface area contributed by atoms with Crippen LogP contribution in [0.5, 0.6) is 0 Å². The van der Waals surface area contributed by atoms with Gasteiger partial charge in [-0.15, -0.1) is 0 Å². The second kappa shape index (κ2) is 5.88. The van der Waals surface area contributed by atoms with Crippen LogP contribution in [-0.4, -0.2) is 27.5 Å². The van der Waals surface area contributed by atoms with Crippen LogP contribution < -0.4 is 5.32 Å². The SMILES string of the molecule is CSC1CCCC(Nc2cc(Cl)nc(C3CC3)n2)C1. The summed E-state index contributed by atoms with van der Waals surface area (Å²) in [5, 5.41) is 4.91. The highest BCUT2D eigenvalue weighted by Crippen LogP contribution is 2.39. The summed E-state index contributed by atoms with van der Waals surface area (Å²) in [5.41, 5.74) is 0. The van der Waals surface area contributed by atoms with Gasteiger partial charge in [-0.1, -0.05) is 18.0 Å². The number of nitrogens with one attached hydrogen (secondary N) is 1. The van der Waals surface area contributed by atoms with Crippen molar-refractivity contribution in [2.45, 2.75) is 55.7 Å². The van der Waals surface area contributed by atoms with Crippen LogP contribution >= 0.6 is 23.4 Å². The molecule has 1 aromatic rings. The van der Waals surface area contributed by atoms with Crippen molar-refractivity contribution in [3.63, 3.8) is 0 Å². The normalized spacial score (nSPS) is 27.3. The van der Waals surface area contributed by atoms with E-state index in [1.165, 1.54) is 38.5 Å². The lowest BCUT2D eigenvalue weighted by atomic mass is 9.95. The Morgan fingerprint density at radius 1 is 1.26 bits per heavy atom. The standard InChI is InChI=1S/C14H20ClN3S/c1-19-11-4-2-3-10(7-11)16-13-8-12(15)17-14(18-13)9-5-6-9/h8-11H,2-7H2,1H3,(H,16,17,18). The van der Waals surface area contributed by atoms with Gasteiger partial charge in [-0.25, -0.2) is 9.97 Å². The van der Waals surface area contributed by atoms with E-state index in [2.05, 4.69) is 21.5 Å². The number of anilines is 1. The van der Waals surface area contributed by atoms with E-state index in [0.717, 1.165) is 16.9 Å². The zero-order valence-electron chi connectivity index (χ0n) is 11.2. The third kappa shape index (κ3) is 3.54. The highest BCUT2D eigenvalue weighted by molar-refractivity contribution is 7.99. The monoisotopic (exact) mass is 297 g/mol. The van der Waals surface area contributed by atoms with Crippen molar-refractivity contribution >= 4 is 29.2 Å². The molecule has 0 aliphatic heterocycles. The minimum Gasteiger partial charge on any atom is -0.367 e. The first-order chi connectivity index (χ1) is 9.24. The van der Waals surface area contributed by atoms with Crippen molar-refractivity contribution in [1.29, 1.82) is 0 Å². The summed E-state index contributed by atoms with van der Waals surface area (Å²) in [6.45, 7) is 0. The zero-order valence-corrected chi connectivity index (χ0v) is 12.8. The Morgan fingerprint density at radius 3 is 2.84 bits per heavy atom. The molecule has 1 heterocycles. The van der Waals surface area contributed by atoms with Gasteiger partial charge in [0.05, 0.1) is 0 Å². The van der Waals surface area contributed by atoms with Crippen molar-refractivity contribution in [1.82, 2.24) is 9.97 Å². The molecule has 1 N–H and O–H groups in total. The molecule has 2 fully saturated rings. The number of hydrogen-bond acceptors (Lipinski definition) is 4. The summed E-state index contributed by atoms with van der Waals surface area (Å²) >= 11 is 8.08. The second-order valence-corrected chi connectivity index (χ2v) is 7.10. The average Bonchev–Trinajstić information content (AvgIpc) is 3.22. The van der Waals surface area contributed by atoms with Crippen molar-refractivity contribution in [2.75, 3.05) is 11.6 Å². The van der Waals surface area contributed by atoms with Crippen molar-refractivity contribution < 1.29 is 0 Å². The van der Waals surface area contributed by atoms with Gasteiger partial charge >= 0.3 is 0 Å². The first kappa shape index (κ1) is 13.5. The Morgan fingerprint density at radius 2 is 2.11 bits per heavy atom. The summed E-state index contributed by atoms with van der Waals surface area (Å²) in [4.78, 5) is 8.96. The van der Waals surface area contributed by atoms with Gasteiger partial charge in [-0.2, -0.15) is 11.8 Å². The van der Waals surface area contributed by atoms with Crippen LogP contribution in [0.1, 0.15) is 50.3 Å². The molecule has 2 saturated carbocycles. The quantitative estimate of drug-likeness (QED) is 0.849. The summed E-state index contributed by atoms with van der Waals surface area (Å²) < 4.78 is 0. The van der Waals surface area contributed by atoms with E-state index < -0.39 is 0 Å². The topological polar surface area (TPSA) is 37.8 Å². The third-order valence-electron chi connectivity index (χ3n) is 3.97. The molecule has 0 amide bonds. The minimum absolute atomic E-state index is 0.532. The van der Waals surface area contributed by atoms with E-state index in [-0.39, 0.29) is 0 Å². The van der Waals surface area contributed by atoms with E-state index in [1.54, 1.807) is 0 Å². The van der Waals surface area contributed by atoms with E-state index in [4.69, 9.17) is 11.6 Å². The molecule has 3 rings (SSSR count). The number of halogens is 1. The van der Waals surface area contributed by atoms with E-state index in [9.17, 15) is 0 Å². The maximum atomic E-state index is 6.10. The lowest BCUT2D eigenvalue weighted by molar-refractivity contribution is 0.472. The highest BCUT2D eigenvalue weighted by Gasteiger charge is 2.28. The van der Waals surface area contributed by atoms with Crippen molar-refractivity contribution in [2.24, 2.45) is 0 Å². The molecule has 0 spiro atoms. The first-order valence-corrected chi connectivity index (χ1v) is 8.75. The lowest BCUT2D eigenvalue weighted by Gasteiger charge is -2.29. The van der Waals surface area contributed by atoms with Crippen molar-refractivity contribution in [3.8, 4) is 0 Å². The molecule has 104 valence electrons. The lowest BCUT2D eigenvalue weighted by Crippen LogP contribution is -2.29. The molecular weight excluding hydrogens is 278 g/mol. The predicted molar refractivity (Wildman–Crippen MR) is 82.2 cm³/mol. The van der Waals surface area contributed by atoms with Crippen LogP contribution in [0.25, 0.3) is 0 Å². The van der Waals surface area contributed by atoms with Crippen LogP contribution in [-0.2, 0) is 0 Å². The third-order valence-corrected chi connectivity index (χ3v) is 5.25. The zero-order chi connectivity index (χ0) is 13.2. The Labute approximate surface area is 123 Å². The average molecular weight is 298 g/mol. The van der Waals surface area contributed by atoms with E-state index >= 15 is 0 Å². The number of nitrogens with zero attached hydrogens (tertiary/aromatic N) is 2. The molecule has 0 radical (unpaired) electrons. The van der Waals surface area contributed by atoms with Crippen LogP contribution in [0.2, 0.25) is 5.15 Å². The molecule has 5 heteroatoms. The smallest absolute Gasteiger partial charge is 0.135 e. The van der Waals surface area contributed by atoms with Gasteiger partial charge in [0.2, 0.25) is 0 Å². The number of thioether (sulfide) groups is 1. The predicted octanol–water partition coefficient (Wildman–Crippen LogP) is 4.09. The number of rotatable bonds is 4. The second-order valence-electron chi connectivity index (χ2n) is 5.57. The molecule has 2 atom stereocenters. The molecule has 2 unspecified atom stereocenters. The molecule has 2 aliphatic rings. The minimum atomic E-state index is 0.532. The van der Waals surface area contributed by atoms with Crippen LogP contribution in [0.15, 0.2) is 6.07 Å². The summed E-state index contributed by atoms with van der Waals surface area (Å²) in [5.74, 6) is 2.38. The molecule has 0 bridgehead atoms. The fraction of sp³-hybridized carbons (Fsp3) is 0.714. The Hall–Kier alpha value is -0.480. The van der Waals surface area contributed by atoms with E-state index in [0.29, 0.717) is 17.1 Å². The largest absolute Gasteiger partial charge is 0.367 e. The van der Waals surface area contributed by atoms with Gasteiger partial charge in [-0.3, -0.25) is 0 Å². The molecular formula is C14H20ClN3S. The molecule has 3 nitrogen and oxygen atoms in total. The number of aromatic nitrogens is 2. The Bertz CT molecular complexity index is 450. The van der Waals surface area contributed by atoms with Gasteiger partial charge in [0.25, 0.3) is 0 Å².